The molecule has 8 nitrogen and oxygen atoms in total. The van der Waals surface area contributed by atoms with E-state index in [9.17, 15) is 23.1 Å². The fraction of sp³-hybridized carbons (Fsp3) is 0.143. The van der Waals surface area contributed by atoms with Gasteiger partial charge in [-0.05, 0) is 6.08 Å². The molecule has 1 aliphatic heterocycles. The highest BCUT2D eigenvalue weighted by molar-refractivity contribution is 7.94. The van der Waals surface area contributed by atoms with Crippen LogP contribution in [0.15, 0.2) is 69.2 Å². The Labute approximate surface area is 171 Å². The van der Waals surface area contributed by atoms with E-state index in [1.807, 2.05) is 6.07 Å². The summed E-state index contributed by atoms with van der Waals surface area (Å²) in [6.07, 6.45) is 1.40. The summed E-state index contributed by atoms with van der Waals surface area (Å²) in [7, 11) is -3.28. The van der Waals surface area contributed by atoms with Gasteiger partial charge in [-0.3, -0.25) is 9.59 Å². The predicted octanol–water partition coefficient (Wildman–Crippen LogP) is 1.97. The summed E-state index contributed by atoms with van der Waals surface area (Å²) in [6, 6.07) is 12.3. The number of fused-ring (bicyclic) bond motifs is 1. The standard InChI is InChI=1S/C21H17NO7S/c23-16-8-15(28-11-20(25)22-14-6-7-30(26,27)12-14)9-19-21(16)17(24)10-18(29-19)13-4-2-1-3-5-13/h1-10,14,23H,11-12H2,(H,22,25)/t14-/m1/s1. The lowest BCUT2D eigenvalue weighted by Crippen LogP contribution is -2.38. The van der Waals surface area contributed by atoms with Gasteiger partial charge < -0.3 is 19.6 Å². The largest absolute Gasteiger partial charge is 0.507 e. The first-order valence-electron chi connectivity index (χ1n) is 9.00. The molecule has 0 aliphatic carbocycles. The molecule has 0 bridgehead atoms. The zero-order valence-electron chi connectivity index (χ0n) is 15.6. The Balaban J connectivity index is 1.54. The first kappa shape index (κ1) is 19.7. The normalized spacial score (nSPS) is 17.1. The molecule has 3 aromatic rings. The molecule has 1 amide bonds. The maximum Gasteiger partial charge on any atom is 0.258 e. The highest BCUT2D eigenvalue weighted by atomic mass is 32.2. The molecule has 9 heteroatoms. The number of phenols is 1. The van der Waals surface area contributed by atoms with Crippen molar-refractivity contribution < 1.29 is 27.5 Å². The molecule has 30 heavy (non-hydrogen) atoms. The third-order valence-electron chi connectivity index (χ3n) is 4.49. The molecule has 2 N–H and O–H groups in total. The molecule has 0 saturated heterocycles. The van der Waals surface area contributed by atoms with Crippen molar-refractivity contribution in [2.45, 2.75) is 6.04 Å². The summed E-state index contributed by atoms with van der Waals surface area (Å²) < 4.78 is 33.9. The second-order valence-electron chi connectivity index (χ2n) is 6.78. The Bertz CT molecular complexity index is 1310. The van der Waals surface area contributed by atoms with E-state index < -0.39 is 33.8 Å². The molecule has 2 aromatic carbocycles. The van der Waals surface area contributed by atoms with Crippen LogP contribution in [0, 0.1) is 0 Å². The van der Waals surface area contributed by atoms with E-state index in [4.69, 9.17) is 9.15 Å². The summed E-state index contributed by atoms with van der Waals surface area (Å²) in [4.78, 5) is 24.5. The lowest BCUT2D eigenvalue weighted by molar-refractivity contribution is -0.123. The van der Waals surface area contributed by atoms with Crippen LogP contribution in [0.3, 0.4) is 0 Å². The monoisotopic (exact) mass is 427 g/mol. The molecule has 1 aliphatic rings. The molecule has 0 radical (unpaired) electrons. The van der Waals surface area contributed by atoms with Crippen LogP contribution in [0.2, 0.25) is 0 Å². The van der Waals surface area contributed by atoms with E-state index in [-0.39, 0.29) is 28.2 Å². The van der Waals surface area contributed by atoms with E-state index in [0.29, 0.717) is 11.3 Å². The second-order valence-corrected chi connectivity index (χ2v) is 8.71. The van der Waals surface area contributed by atoms with Crippen LogP contribution in [0.25, 0.3) is 22.3 Å². The number of hydrogen-bond donors (Lipinski definition) is 2. The van der Waals surface area contributed by atoms with Crippen molar-refractivity contribution in [2.24, 2.45) is 0 Å². The summed E-state index contributed by atoms with van der Waals surface area (Å²) in [6.45, 7) is -0.405. The van der Waals surface area contributed by atoms with Gasteiger partial charge >= 0.3 is 0 Å². The first-order valence-corrected chi connectivity index (χ1v) is 10.7. The lowest BCUT2D eigenvalue weighted by atomic mass is 10.1. The minimum atomic E-state index is -3.28. The Morgan fingerprint density at radius 1 is 1.20 bits per heavy atom. The number of hydrogen-bond acceptors (Lipinski definition) is 7. The topological polar surface area (TPSA) is 123 Å². The van der Waals surface area contributed by atoms with Crippen LogP contribution in [0.1, 0.15) is 0 Å². The van der Waals surface area contributed by atoms with Gasteiger partial charge in [0.2, 0.25) is 0 Å². The van der Waals surface area contributed by atoms with Gasteiger partial charge in [0.25, 0.3) is 5.91 Å². The summed E-state index contributed by atoms with van der Waals surface area (Å²) in [5.41, 5.74) is 0.397. The quantitative estimate of drug-likeness (QED) is 0.638. The van der Waals surface area contributed by atoms with Gasteiger partial charge in [-0.2, -0.15) is 0 Å². The molecule has 2 heterocycles. The van der Waals surface area contributed by atoms with Crippen molar-refractivity contribution in [3.05, 3.63) is 70.2 Å². The summed E-state index contributed by atoms with van der Waals surface area (Å²) >= 11 is 0. The molecule has 4 rings (SSSR count). The fourth-order valence-electron chi connectivity index (χ4n) is 3.13. The third kappa shape index (κ3) is 4.20. The molecule has 0 fully saturated rings. The molecule has 0 saturated carbocycles. The van der Waals surface area contributed by atoms with Gasteiger partial charge in [-0.1, -0.05) is 30.3 Å². The van der Waals surface area contributed by atoms with Crippen LogP contribution in [0.5, 0.6) is 11.5 Å². The number of ether oxygens (including phenoxy) is 1. The molecule has 1 atom stereocenters. The highest BCUT2D eigenvalue weighted by Gasteiger charge is 2.23. The van der Waals surface area contributed by atoms with Gasteiger partial charge in [0.1, 0.15) is 28.2 Å². The van der Waals surface area contributed by atoms with Gasteiger partial charge in [-0.25, -0.2) is 8.42 Å². The van der Waals surface area contributed by atoms with Crippen molar-refractivity contribution in [1.29, 1.82) is 0 Å². The molecular formula is C21H17NO7S. The van der Waals surface area contributed by atoms with E-state index >= 15 is 0 Å². The minimum absolute atomic E-state index is 0.00721. The first-order chi connectivity index (χ1) is 14.3. The smallest absolute Gasteiger partial charge is 0.258 e. The maximum atomic E-state index is 12.4. The molecule has 0 unspecified atom stereocenters. The van der Waals surface area contributed by atoms with Crippen molar-refractivity contribution in [1.82, 2.24) is 5.32 Å². The van der Waals surface area contributed by atoms with E-state index in [0.717, 1.165) is 5.41 Å². The van der Waals surface area contributed by atoms with Crippen LogP contribution in [0.4, 0.5) is 0 Å². The molecular weight excluding hydrogens is 410 g/mol. The van der Waals surface area contributed by atoms with E-state index in [1.54, 1.807) is 24.3 Å². The fourth-order valence-corrected chi connectivity index (χ4v) is 4.37. The Hall–Kier alpha value is -3.59. The zero-order chi connectivity index (χ0) is 21.3. The van der Waals surface area contributed by atoms with Crippen LogP contribution >= 0.6 is 0 Å². The number of sulfone groups is 1. The van der Waals surface area contributed by atoms with Crippen molar-refractivity contribution in [2.75, 3.05) is 12.4 Å². The molecule has 154 valence electrons. The maximum absolute atomic E-state index is 12.4. The van der Waals surface area contributed by atoms with Crippen LogP contribution in [-0.4, -0.2) is 37.8 Å². The van der Waals surface area contributed by atoms with E-state index in [2.05, 4.69) is 5.32 Å². The average Bonchev–Trinajstić information content (AvgIpc) is 3.04. The van der Waals surface area contributed by atoms with Gasteiger partial charge in [0, 0.05) is 29.2 Å². The predicted molar refractivity (Wildman–Crippen MR) is 110 cm³/mol. The number of aromatic hydroxyl groups is 1. The second kappa shape index (κ2) is 7.68. The van der Waals surface area contributed by atoms with Crippen molar-refractivity contribution in [3.63, 3.8) is 0 Å². The van der Waals surface area contributed by atoms with Gasteiger partial charge in [-0.15, -0.1) is 0 Å². The number of phenolic OH excluding ortho intramolecular Hbond substituents is 1. The zero-order valence-corrected chi connectivity index (χ0v) is 16.4. The number of rotatable bonds is 5. The van der Waals surface area contributed by atoms with Crippen LogP contribution < -0.4 is 15.5 Å². The Kier molecular flexibility index (Phi) is 5.04. The highest BCUT2D eigenvalue weighted by Crippen LogP contribution is 2.31. The molecule has 0 spiro atoms. The number of carbonyl (C=O) groups is 1. The Morgan fingerprint density at radius 2 is 1.97 bits per heavy atom. The Morgan fingerprint density at radius 3 is 2.67 bits per heavy atom. The van der Waals surface area contributed by atoms with Crippen molar-refractivity contribution >= 4 is 26.7 Å². The number of carbonyl (C=O) groups excluding carboxylic acids is 1. The van der Waals surface area contributed by atoms with Crippen LogP contribution in [-0.2, 0) is 14.6 Å². The van der Waals surface area contributed by atoms with Gasteiger partial charge in [0.15, 0.2) is 21.9 Å². The molecule has 1 aromatic heterocycles. The summed E-state index contributed by atoms with van der Waals surface area (Å²) in [5.74, 6) is -0.597. The minimum Gasteiger partial charge on any atom is -0.507 e. The summed E-state index contributed by atoms with van der Waals surface area (Å²) in [5, 5.41) is 13.8. The SMILES string of the molecule is O=C(COc1cc(O)c2c(=O)cc(-c3ccccc3)oc2c1)N[C@@H]1C=CS(=O)(=O)C1. The van der Waals surface area contributed by atoms with E-state index in [1.165, 1.54) is 24.3 Å². The average molecular weight is 427 g/mol. The van der Waals surface area contributed by atoms with Crippen molar-refractivity contribution in [3.8, 4) is 22.8 Å². The number of benzene rings is 2. The third-order valence-corrected chi connectivity index (χ3v) is 5.88. The lowest BCUT2D eigenvalue weighted by Gasteiger charge is -2.12. The van der Waals surface area contributed by atoms with Gasteiger partial charge in [0.05, 0.1) is 11.8 Å². The number of nitrogens with one attached hydrogen (secondary N) is 1. The number of amides is 1.